The lowest BCUT2D eigenvalue weighted by atomic mass is 10.1. The Morgan fingerprint density at radius 2 is 2.21 bits per heavy atom. The Morgan fingerprint density at radius 1 is 1.31 bits per heavy atom. The maximum atomic E-state index is 12.4. The van der Waals surface area contributed by atoms with Gasteiger partial charge in [-0.25, -0.2) is 9.67 Å². The number of amides is 1. The monoisotopic (exact) mass is 393 g/mol. The summed E-state index contributed by atoms with van der Waals surface area (Å²) in [7, 11) is 0. The number of pyridine rings is 2. The molecule has 29 heavy (non-hydrogen) atoms. The van der Waals surface area contributed by atoms with E-state index in [4.69, 9.17) is 4.74 Å². The second-order valence-corrected chi connectivity index (χ2v) is 7.08. The lowest BCUT2D eigenvalue weighted by molar-refractivity contribution is 0.0169. The van der Waals surface area contributed by atoms with Crippen molar-refractivity contribution in [1.29, 1.82) is 0 Å². The van der Waals surface area contributed by atoms with E-state index in [-0.39, 0.29) is 17.6 Å². The van der Waals surface area contributed by atoms with Crippen molar-refractivity contribution in [2.75, 3.05) is 13.2 Å². The van der Waals surface area contributed by atoms with E-state index in [1.54, 1.807) is 18.3 Å². The average molecular weight is 393 g/mol. The van der Waals surface area contributed by atoms with E-state index in [2.05, 4.69) is 20.4 Å². The zero-order valence-corrected chi connectivity index (χ0v) is 16.2. The first kappa shape index (κ1) is 19.1. The molecule has 0 aliphatic carbocycles. The lowest BCUT2D eigenvalue weighted by Gasteiger charge is -2.22. The molecule has 150 valence electrons. The quantitative estimate of drug-likeness (QED) is 0.692. The minimum Gasteiger partial charge on any atom is -0.376 e. The van der Waals surface area contributed by atoms with Crippen LogP contribution in [0.1, 0.15) is 35.3 Å². The number of aromatic nitrogens is 4. The summed E-state index contributed by atoms with van der Waals surface area (Å²) in [6.07, 6.45) is 6.42. The molecule has 0 radical (unpaired) electrons. The molecule has 8 nitrogen and oxygen atoms in total. The number of carbonyl (C=O) groups excluding carboxylic acids is 1. The number of nitrogens with one attached hydrogen (secondary N) is 2. The van der Waals surface area contributed by atoms with E-state index in [0.29, 0.717) is 23.6 Å². The summed E-state index contributed by atoms with van der Waals surface area (Å²) in [6, 6.07) is 8.53. The van der Waals surface area contributed by atoms with Crippen LogP contribution in [0.25, 0.3) is 17.1 Å². The fraction of sp³-hybridized carbons (Fsp3) is 0.333. The molecule has 1 amide bonds. The summed E-state index contributed by atoms with van der Waals surface area (Å²) in [6.45, 7) is 3.13. The molecule has 1 fully saturated rings. The smallest absolute Gasteiger partial charge is 0.273 e. The third-order valence-electron chi connectivity index (χ3n) is 5.02. The lowest BCUT2D eigenvalue weighted by Crippen LogP contribution is -2.35. The summed E-state index contributed by atoms with van der Waals surface area (Å²) < 4.78 is 6.97. The molecule has 1 aliphatic heterocycles. The van der Waals surface area contributed by atoms with Gasteiger partial charge in [-0.05, 0) is 50.5 Å². The Kier molecular flexibility index (Phi) is 5.53. The molecule has 8 heteroatoms. The number of carbonyl (C=O) groups is 1. The standard InChI is InChI=1S/C21H23N5O3/c1-14-17(6-4-9-22-14)18-11-20(27)26(25-18)19-8-7-15(12-23-19)21(28)24-13-16-5-2-3-10-29-16/h4,6-9,11-12,16,25H,2-3,5,10,13H2,1H3,(H,24,28). The van der Waals surface area contributed by atoms with Gasteiger partial charge in [-0.2, -0.15) is 0 Å². The normalized spacial score (nSPS) is 16.5. The van der Waals surface area contributed by atoms with Gasteiger partial charge in [0.2, 0.25) is 0 Å². The summed E-state index contributed by atoms with van der Waals surface area (Å²) in [4.78, 5) is 33.3. The van der Waals surface area contributed by atoms with E-state index in [9.17, 15) is 9.59 Å². The maximum absolute atomic E-state index is 12.4. The van der Waals surface area contributed by atoms with Gasteiger partial charge in [0.25, 0.3) is 11.5 Å². The third kappa shape index (κ3) is 4.27. The molecule has 4 rings (SSSR count). The van der Waals surface area contributed by atoms with Gasteiger partial charge in [-0.3, -0.25) is 19.7 Å². The highest BCUT2D eigenvalue weighted by Crippen LogP contribution is 2.18. The van der Waals surface area contributed by atoms with Crippen LogP contribution >= 0.6 is 0 Å². The SMILES string of the molecule is Cc1ncccc1-c1cc(=O)n(-c2ccc(C(=O)NCC3CCCCO3)cn2)[nH]1. The van der Waals surface area contributed by atoms with Crippen LogP contribution in [-0.2, 0) is 4.74 Å². The first-order valence-electron chi connectivity index (χ1n) is 9.72. The number of H-pyrrole nitrogens is 1. The summed E-state index contributed by atoms with van der Waals surface area (Å²) in [5.74, 6) is 0.207. The molecule has 0 bridgehead atoms. The van der Waals surface area contributed by atoms with E-state index >= 15 is 0 Å². The first-order valence-corrected chi connectivity index (χ1v) is 9.72. The number of hydrogen-bond acceptors (Lipinski definition) is 5. The van der Waals surface area contributed by atoms with Gasteiger partial charge in [0.05, 0.1) is 17.4 Å². The molecule has 0 aromatic carbocycles. The number of nitrogens with zero attached hydrogens (tertiary/aromatic N) is 3. The van der Waals surface area contributed by atoms with Crippen LogP contribution in [0.2, 0.25) is 0 Å². The molecule has 1 aliphatic rings. The van der Waals surface area contributed by atoms with Crippen molar-refractivity contribution in [2.24, 2.45) is 0 Å². The maximum Gasteiger partial charge on any atom is 0.273 e. The van der Waals surface area contributed by atoms with Gasteiger partial charge in [0.15, 0.2) is 5.82 Å². The molecule has 0 saturated carbocycles. The second-order valence-electron chi connectivity index (χ2n) is 7.08. The summed E-state index contributed by atoms with van der Waals surface area (Å²) in [5.41, 5.74) is 2.54. The highest BCUT2D eigenvalue weighted by Gasteiger charge is 2.16. The molecule has 1 saturated heterocycles. The molecule has 4 heterocycles. The number of aryl methyl sites for hydroxylation is 1. The fourth-order valence-electron chi connectivity index (χ4n) is 3.40. The molecule has 2 N–H and O–H groups in total. The van der Waals surface area contributed by atoms with Crippen LogP contribution < -0.4 is 10.9 Å². The van der Waals surface area contributed by atoms with E-state index in [1.165, 1.54) is 16.9 Å². The number of aromatic amines is 1. The highest BCUT2D eigenvalue weighted by molar-refractivity contribution is 5.93. The Hall–Kier alpha value is -3.26. The summed E-state index contributed by atoms with van der Waals surface area (Å²) >= 11 is 0. The van der Waals surface area contributed by atoms with E-state index in [0.717, 1.165) is 37.1 Å². The summed E-state index contributed by atoms with van der Waals surface area (Å²) in [5, 5.41) is 5.94. The Bertz CT molecular complexity index is 1050. The minimum absolute atomic E-state index is 0.0757. The van der Waals surface area contributed by atoms with Crippen molar-refractivity contribution in [1.82, 2.24) is 25.1 Å². The average Bonchev–Trinajstić information content (AvgIpc) is 3.14. The van der Waals surface area contributed by atoms with Crippen molar-refractivity contribution in [3.63, 3.8) is 0 Å². The van der Waals surface area contributed by atoms with Crippen LogP contribution in [0.5, 0.6) is 0 Å². The van der Waals surface area contributed by atoms with Crippen LogP contribution in [0.15, 0.2) is 47.5 Å². The molecule has 1 unspecified atom stereocenters. The third-order valence-corrected chi connectivity index (χ3v) is 5.02. The van der Waals surface area contributed by atoms with Crippen LogP contribution in [0.3, 0.4) is 0 Å². The van der Waals surface area contributed by atoms with E-state index < -0.39 is 0 Å². The second kappa shape index (κ2) is 8.40. The zero-order chi connectivity index (χ0) is 20.2. The van der Waals surface area contributed by atoms with Gasteiger partial charge in [-0.1, -0.05) is 0 Å². The molecular weight excluding hydrogens is 370 g/mol. The van der Waals surface area contributed by atoms with Gasteiger partial charge in [-0.15, -0.1) is 0 Å². The highest BCUT2D eigenvalue weighted by atomic mass is 16.5. The van der Waals surface area contributed by atoms with Crippen molar-refractivity contribution in [3.8, 4) is 17.1 Å². The molecule has 3 aromatic heterocycles. The fourth-order valence-corrected chi connectivity index (χ4v) is 3.40. The first-order chi connectivity index (χ1) is 14.1. The Morgan fingerprint density at radius 3 is 2.93 bits per heavy atom. The predicted molar refractivity (Wildman–Crippen MR) is 108 cm³/mol. The Balaban J connectivity index is 1.47. The predicted octanol–water partition coefficient (Wildman–Crippen LogP) is 2.23. The van der Waals surface area contributed by atoms with E-state index in [1.807, 2.05) is 19.1 Å². The number of hydrogen-bond donors (Lipinski definition) is 2. The van der Waals surface area contributed by atoms with Crippen molar-refractivity contribution in [2.45, 2.75) is 32.3 Å². The van der Waals surface area contributed by atoms with Crippen LogP contribution in [0.4, 0.5) is 0 Å². The molecular formula is C21H23N5O3. The van der Waals surface area contributed by atoms with Gasteiger partial charge in [0, 0.05) is 42.9 Å². The van der Waals surface area contributed by atoms with Crippen LogP contribution in [-0.4, -0.2) is 44.9 Å². The van der Waals surface area contributed by atoms with Crippen molar-refractivity contribution >= 4 is 5.91 Å². The van der Waals surface area contributed by atoms with Gasteiger partial charge in [0.1, 0.15) is 0 Å². The topological polar surface area (TPSA) is 102 Å². The number of rotatable bonds is 5. The molecule has 1 atom stereocenters. The number of ether oxygens (including phenoxy) is 1. The molecule has 3 aromatic rings. The Labute approximate surface area is 167 Å². The molecule has 0 spiro atoms. The minimum atomic E-state index is -0.234. The van der Waals surface area contributed by atoms with Gasteiger partial charge < -0.3 is 10.1 Å². The largest absolute Gasteiger partial charge is 0.376 e. The van der Waals surface area contributed by atoms with Gasteiger partial charge >= 0.3 is 0 Å². The van der Waals surface area contributed by atoms with Crippen molar-refractivity contribution in [3.05, 3.63) is 64.3 Å². The van der Waals surface area contributed by atoms with Crippen molar-refractivity contribution < 1.29 is 9.53 Å². The van der Waals surface area contributed by atoms with Crippen LogP contribution in [0, 0.1) is 6.92 Å². The zero-order valence-electron chi connectivity index (χ0n) is 16.2.